The summed E-state index contributed by atoms with van der Waals surface area (Å²) in [7, 11) is 0. The molecule has 16 heavy (non-hydrogen) atoms. The van der Waals surface area contributed by atoms with Crippen molar-refractivity contribution in [2.75, 3.05) is 6.54 Å². The van der Waals surface area contributed by atoms with Gasteiger partial charge in [0, 0.05) is 6.42 Å². The topological polar surface area (TPSA) is 99.2 Å². The van der Waals surface area contributed by atoms with Gasteiger partial charge in [0.05, 0.1) is 12.4 Å². The number of alkyl halides is 2. The van der Waals surface area contributed by atoms with Crippen LogP contribution in [-0.4, -0.2) is 35.4 Å². The van der Waals surface area contributed by atoms with Gasteiger partial charge in [-0.15, -0.1) is 24.8 Å². The molecule has 0 aliphatic carbocycles. The fourth-order valence-corrected chi connectivity index (χ4v) is 0.743. The molecule has 0 amide bonds. The van der Waals surface area contributed by atoms with Crippen molar-refractivity contribution in [3.8, 4) is 0 Å². The van der Waals surface area contributed by atoms with E-state index in [0.29, 0.717) is 0 Å². The Kier molecular flexibility index (Phi) is 11.0. The lowest BCUT2D eigenvalue weighted by molar-refractivity contribution is -0.141. The molecule has 0 saturated heterocycles. The summed E-state index contributed by atoms with van der Waals surface area (Å²) >= 11 is 0. The average molecular weight is 282 g/mol. The maximum Gasteiger partial charge on any atom is 0.320 e. The number of nitrogens with one attached hydrogen (secondary N) is 2. The third-order valence-electron chi connectivity index (χ3n) is 1.45. The molecular formula is C7H15Cl2F2N3O2. The number of hydrogen-bond acceptors (Lipinski definition) is 3. The summed E-state index contributed by atoms with van der Waals surface area (Å²) in [6.07, 6.45) is -0.942. The minimum Gasteiger partial charge on any atom is -0.480 e. The van der Waals surface area contributed by atoms with Gasteiger partial charge in [0.1, 0.15) is 6.04 Å². The lowest BCUT2D eigenvalue weighted by atomic mass is 10.1. The van der Waals surface area contributed by atoms with Crippen molar-refractivity contribution in [1.29, 1.82) is 5.41 Å². The largest absolute Gasteiger partial charge is 0.480 e. The van der Waals surface area contributed by atoms with Gasteiger partial charge in [-0.25, -0.2) is 8.78 Å². The first-order chi connectivity index (χ1) is 6.24. The number of hydrogen-bond donors (Lipinski definition) is 4. The van der Waals surface area contributed by atoms with Gasteiger partial charge >= 0.3 is 5.97 Å². The van der Waals surface area contributed by atoms with Crippen molar-refractivity contribution in [1.82, 2.24) is 5.32 Å². The van der Waals surface area contributed by atoms with Crippen molar-refractivity contribution < 1.29 is 18.7 Å². The monoisotopic (exact) mass is 281 g/mol. The Bertz CT molecular complexity index is 242. The van der Waals surface area contributed by atoms with Crippen molar-refractivity contribution in [3.63, 3.8) is 0 Å². The molecule has 5 nitrogen and oxygen atoms in total. The molecule has 0 fully saturated rings. The second-order valence-corrected chi connectivity index (χ2v) is 2.98. The van der Waals surface area contributed by atoms with Crippen LogP contribution < -0.4 is 11.1 Å². The van der Waals surface area contributed by atoms with E-state index in [-0.39, 0.29) is 30.6 Å². The van der Waals surface area contributed by atoms with E-state index in [1.165, 1.54) is 6.92 Å². The number of aliphatic carboxylic acids is 1. The second kappa shape index (κ2) is 8.49. The van der Waals surface area contributed by atoms with Crippen LogP contribution >= 0.6 is 24.8 Å². The lowest BCUT2D eigenvalue weighted by Crippen LogP contribution is -2.42. The van der Waals surface area contributed by atoms with E-state index < -0.39 is 30.9 Å². The van der Waals surface area contributed by atoms with Crippen molar-refractivity contribution in [2.24, 2.45) is 5.73 Å². The van der Waals surface area contributed by atoms with Gasteiger partial charge in [0.15, 0.2) is 0 Å². The van der Waals surface area contributed by atoms with Crippen molar-refractivity contribution in [3.05, 3.63) is 0 Å². The van der Waals surface area contributed by atoms with Crippen LogP contribution in [0.2, 0.25) is 0 Å². The maximum atomic E-state index is 12.9. The summed E-state index contributed by atoms with van der Waals surface area (Å²) < 4.78 is 25.8. The molecule has 0 unspecified atom stereocenters. The van der Waals surface area contributed by atoms with E-state index in [4.69, 9.17) is 16.2 Å². The minimum atomic E-state index is -3.22. The molecule has 0 aliphatic rings. The number of halogens is 4. The van der Waals surface area contributed by atoms with Gasteiger partial charge in [0.2, 0.25) is 0 Å². The highest BCUT2D eigenvalue weighted by Gasteiger charge is 2.33. The summed E-state index contributed by atoms with van der Waals surface area (Å²) in [6.45, 7) is 0.538. The zero-order chi connectivity index (χ0) is 11.4. The normalized spacial score (nSPS) is 11.8. The number of amidine groups is 1. The molecular weight excluding hydrogens is 267 g/mol. The highest BCUT2D eigenvalue weighted by Crippen LogP contribution is 2.18. The SMILES string of the molecule is CC(=N)NCC(F)(F)C[C@H](N)C(=O)O.Cl.Cl. The lowest BCUT2D eigenvalue weighted by Gasteiger charge is -2.18. The van der Waals surface area contributed by atoms with Gasteiger partial charge in [-0.05, 0) is 6.92 Å². The number of nitrogens with two attached hydrogens (primary N) is 1. The van der Waals surface area contributed by atoms with Crippen LogP contribution in [0.4, 0.5) is 8.78 Å². The van der Waals surface area contributed by atoms with Gasteiger partial charge in [0.25, 0.3) is 5.92 Å². The summed E-state index contributed by atoms with van der Waals surface area (Å²) in [6, 6.07) is -1.59. The van der Waals surface area contributed by atoms with Crippen LogP contribution in [0.15, 0.2) is 0 Å². The van der Waals surface area contributed by atoms with Crippen LogP contribution in [0.25, 0.3) is 0 Å². The van der Waals surface area contributed by atoms with Crippen molar-refractivity contribution >= 4 is 36.6 Å². The van der Waals surface area contributed by atoms with Crippen LogP contribution in [0.5, 0.6) is 0 Å². The fraction of sp³-hybridized carbons (Fsp3) is 0.714. The summed E-state index contributed by atoms with van der Waals surface area (Å²) in [5.74, 6) is -4.79. The molecule has 0 aromatic heterocycles. The Morgan fingerprint density at radius 3 is 2.31 bits per heavy atom. The average Bonchev–Trinajstić information content (AvgIpc) is 2.00. The first-order valence-corrected chi connectivity index (χ1v) is 3.90. The second-order valence-electron chi connectivity index (χ2n) is 2.98. The summed E-state index contributed by atoms with van der Waals surface area (Å²) in [4.78, 5) is 10.2. The van der Waals surface area contributed by atoms with Crippen LogP contribution in [0, 0.1) is 5.41 Å². The molecule has 0 heterocycles. The Morgan fingerprint density at radius 2 is 2.00 bits per heavy atom. The third-order valence-corrected chi connectivity index (χ3v) is 1.45. The molecule has 98 valence electrons. The zero-order valence-electron chi connectivity index (χ0n) is 8.50. The Hall–Kier alpha value is -0.660. The third kappa shape index (κ3) is 9.88. The predicted octanol–water partition coefficient (Wildman–Crippen LogP) is 0.854. The quantitative estimate of drug-likeness (QED) is 0.444. The highest BCUT2D eigenvalue weighted by molar-refractivity contribution is 5.85. The van der Waals surface area contributed by atoms with Gasteiger partial charge in [-0.1, -0.05) is 0 Å². The molecule has 0 bridgehead atoms. The standard InChI is InChI=1S/C7H13F2N3O2.2ClH/c1-4(10)12-3-7(8,9)2-5(11)6(13)14;;/h5H,2-3,11H2,1H3,(H2,10,12)(H,13,14);2*1H/t5-;;/m0../s1. The molecule has 0 spiro atoms. The summed E-state index contributed by atoms with van der Waals surface area (Å²) in [5.41, 5.74) is 4.95. The van der Waals surface area contributed by atoms with Gasteiger partial charge < -0.3 is 16.2 Å². The van der Waals surface area contributed by atoms with E-state index in [2.05, 4.69) is 5.32 Å². The molecule has 0 rings (SSSR count). The van der Waals surface area contributed by atoms with Gasteiger partial charge in [-0.2, -0.15) is 0 Å². The highest BCUT2D eigenvalue weighted by atomic mass is 35.5. The Labute approximate surface area is 104 Å². The molecule has 1 atom stereocenters. The Morgan fingerprint density at radius 1 is 1.56 bits per heavy atom. The van der Waals surface area contributed by atoms with E-state index in [1.54, 1.807) is 0 Å². The summed E-state index contributed by atoms with van der Waals surface area (Å²) in [5, 5.41) is 17.3. The number of rotatable bonds is 5. The zero-order valence-corrected chi connectivity index (χ0v) is 10.1. The first-order valence-electron chi connectivity index (χ1n) is 3.90. The molecule has 0 saturated carbocycles. The molecule has 5 N–H and O–H groups in total. The van der Waals surface area contributed by atoms with E-state index in [9.17, 15) is 13.6 Å². The first kappa shape index (κ1) is 20.7. The van der Waals surface area contributed by atoms with Gasteiger partial charge in [-0.3, -0.25) is 10.2 Å². The number of carboxylic acids is 1. The van der Waals surface area contributed by atoms with E-state index >= 15 is 0 Å². The smallest absolute Gasteiger partial charge is 0.320 e. The van der Waals surface area contributed by atoms with E-state index in [1.807, 2.05) is 0 Å². The Balaban J connectivity index is -0.000000845. The van der Waals surface area contributed by atoms with E-state index in [0.717, 1.165) is 0 Å². The molecule has 0 aliphatic heterocycles. The fourth-order valence-electron chi connectivity index (χ4n) is 0.743. The van der Waals surface area contributed by atoms with Crippen molar-refractivity contribution in [2.45, 2.75) is 25.3 Å². The van der Waals surface area contributed by atoms with Crippen LogP contribution in [-0.2, 0) is 4.79 Å². The number of carboxylic acid groups (broad SMARTS) is 1. The minimum absolute atomic E-state index is 0. The number of carbonyl (C=O) groups is 1. The molecule has 0 radical (unpaired) electrons. The molecule has 9 heteroatoms. The predicted molar refractivity (Wildman–Crippen MR) is 61.1 cm³/mol. The molecule has 0 aromatic carbocycles. The van der Waals surface area contributed by atoms with Crippen LogP contribution in [0.3, 0.4) is 0 Å². The molecule has 0 aromatic rings. The van der Waals surface area contributed by atoms with Crippen LogP contribution in [0.1, 0.15) is 13.3 Å². The maximum absolute atomic E-state index is 12.9.